The van der Waals surface area contributed by atoms with Crippen molar-refractivity contribution in [3.05, 3.63) is 60.8 Å². The maximum absolute atomic E-state index is 9.74. The Morgan fingerprint density at radius 3 is 2.59 bits per heavy atom. The highest BCUT2D eigenvalue weighted by Gasteiger charge is 2.10. The minimum Gasteiger partial charge on any atom is -0.508 e. The van der Waals surface area contributed by atoms with E-state index in [1.165, 1.54) is 0 Å². The topological polar surface area (TPSA) is 80.9 Å². The third kappa shape index (κ3) is 3.22. The van der Waals surface area contributed by atoms with E-state index >= 15 is 0 Å². The van der Waals surface area contributed by atoms with Gasteiger partial charge in [-0.3, -0.25) is 0 Å². The molecule has 0 spiro atoms. The number of phenols is 1. The minimum absolute atomic E-state index is 0.196. The van der Waals surface area contributed by atoms with E-state index in [1.807, 2.05) is 36.4 Å². The van der Waals surface area contributed by atoms with Gasteiger partial charge >= 0.3 is 0 Å². The van der Waals surface area contributed by atoms with Crippen LogP contribution in [0, 0.1) is 0 Å². The number of rotatable bonds is 5. The third-order valence-electron chi connectivity index (χ3n) is 4.16. The van der Waals surface area contributed by atoms with E-state index < -0.39 is 0 Å². The molecule has 0 atom stereocenters. The highest BCUT2D eigenvalue weighted by atomic mass is 16.5. The van der Waals surface area contributed by atoms with Gasteiger partial charge in [0.25, 0.3) is 0 Å². The quantitative estimate of drug-likeness (QED) is 0.561. The van der Waals surface area contributed by atoms with Crippen molar-refractivity contribution in [1.82, 2.24) is 14.6 Å². The Bertz CT molecular complexity index is 1110. The average molecular weight is 362 g/mol. The molecule has 0 aliphatic rings. The summed E-state index contributed by atoms with van der Waals surface area (Å²) in [6.45, 7) is 0. The Morgan fingerprint density at radius 2 is 1.81 bits per heavy atom. The van der Waals surface area contributed by atoms with Crippen LogP contribution in [0.5, 0.6) is 17.2 Å². The number of benzene rings is 2. The summed E-state index contributed by atoms with van der Waals surface area (Å²) in [4.78, 5) is 4.38. The summed E-state index contributed by atoms with van der Waals surface area (Å²) in [5.41, 5.74) is 3.15. The lowest BCUT2D eigenvalue weighted by Crippen LogP contribution is -2.01. The molecule has 0 unspecified atom stereocenters. The first-order valence-electron chi connectivity index (χ1n) is 8.31. The molecular formula is C20H18N4O3. The molecule has 0 fully saturated rings. The van der Waals surface area contributed by atoms with Crippen molar-refractivity contribution in [2.45, 2.75) is 0 Å². The van der Waals surface area contributed by atoms with Gasteiger partial charge in [0.15, 0.2) is 23.0 Å². The first kappa shape index (κ1) is 16.7. The highest BCUT2D eigenvalue weighted by molar-refractivity contribution is 5.66. The zero-order valence-corrected chi connectivity index (χ0v) is 14.9. The zero-order chi connectivity index (χ0) is 18.8. The van der Waals surface area contributed by atoms with Crippen LogP contribution >= 0.6 is 0 Å². The maximum atomic E-state index is 9.74. The lowest BCUT2D eigenvalue weighted by Gasteiger charge is -2.11. The van der Waals surface area contributed by atoms with Crippen LogP contribution in [-0.2, 0) is 0 Å². The van der Waals surface area contributed by atoms with Crippen molar-refractivity contribution < 1.29 is 14.6 Å². The molecule has 0 aliphatic carbocycles. The number of fused-ring (bicyclic) bond motifs is 1. The summed E-state index contributed by atoms with van der Waals surface area (Å²) >= 11 is 0. The summed E-state index contributed by atoms with van der Waals surface area (Å²) in [5, 5.41) is 17.6. The second kappa shape index (κ2) is 6.87. The lowest BCUT2D eigenvalue weighted by molar-refractivity contribution is 0.355. The second-order valence-corrected chi connectivity index (χ2v) is 5.88. The monoisotopic (exact) mass is 362 g/mol. The van der Waals surface area contributed by atoms with E-state index in [9.17, 15) is 5.11 Å². The molecule has 2 N–H and O–H groups in total. The molecule has 0 amide bonds. The van der Waals surface area contributed by atoms with Gasteiger partial charge in [-0.05, 0) is 36.4 Å². The Hall–Kier alpha value is -3.74. The van der Waals surface area contributed by atoms with Gasteiger partial charge in [0.05, 0.1) is 26.1 Å². The molecule has 2 aromatic carbocycles. The van der Waals surface area contributed by atoms with E-state index in [2.05, 4.69) is 15.4 Å². The largest absolute Gasteiger partial charge is 0.508 e. The van der Waals surface area contributed by atoms with Crippen LogP contribution in [0.2, 0.25) is 0 Å². The molecule has 2 aromatic heterocycles. The molecule has 4 rings (SSSR count). The highest BCUT2D eigenvalue weighted by Crippen LogP contribution is 2.31. The van der Waals surface area contributed by atoms with Crippen LogP contribution < -0.4 is 14.8 Å². The number of nitrogens with zero attached hydrogens (tertiary/aromatic N) is 3. The molecule has 136 valence electrons. The van der Waals surface area contributed by atoms with Crippen molar-refractivity contribution in [2.24, 2.45) is 0 Å². The Balaban J connectivity index is 1.70. The smallest absolute Gasteiger partial charge is 0.162 e. The number of methoxy groups -OCH3 is 2. The number of anilines is 2. The van der Waals surface area contributed by atoms with E-state index in [4.69, 9.17) is 9.47 Å². The predicted octanol–water partition coefficient (Wildman–Crippen LogP) is 3.86. The fourth-order valence-electron chi connectivity index (χ4n) is 2.86. The summed E-state index contributed by atoms with van der Waals surface area (Å²) in [6.07, 6.45) is 1.73. The standard InChI is InChI=1S/C20H18N4O3/c1-26-17-7-6-14(11-18(17)27-2)22-19-8-9-20-21-12-16(24(20)23-19)13-4-3-5-15(25)10-13/h3-12,25H,1-2H3,(H,22,23). The number of aromatic hydroxyl groups is 1. The van der Waals surface area contributed by atoms with Gasteiger partial charge in [0.1, 0.15) is 5.75 Å². The van der Waals surface area contributed by atoms with Gasteiger partial charge in [-0.25, -0.2) is 9.50 Å². The van der Waals surface area contributed by atoms with E-state index in [1.54, 1.807) is 43.1 Å². The van der Waals surface area contributed by atoms with Crippen molar-refractivity contribution >= 4 is 17.2 Å². The van der Waals surface area contributed by atoms with E-state index in [-0.39, 0.29) is 5.75 Å². The molecule has 2 heterocycles. The van der Waals surface area contributed by atoms with Gasteiger partial charge in [0.2, 0.25) is 0 Å². The molecule has 0 radical (unpaired) electrons. The van der Waals surface area contributed by atoms with E-state index in [0.29, 0.717) is 23.0 Å². The number of nitrogens with one attached hydrogen (secondary N) is 1. The molecule has 0 saturated carbocycles. The fourth-order valence-corrected chi connectivity index (χ4v) is 2.86. The molecule has 0 aliphatic heterocycles. The van der Waals surface area contributed by atoms with Gasteiger partial charge in [0, 0.05) is 17.3 Å². The molecule has 4 aromatic rings. The zero-order valence-electron chi connectivity index (χ0n) is 14.9. The molecular weight excluding hydrogens is 344 g/mol. The molecule has 0 saturated heterocycles. The van der Waals surface area contributed by atoms with Crippen LogP contribution in [-0.4, -0.2) is 33.9 Å². The third-order valence-corrected chi connectivity index (χ3v) is 4.16. The van der Waals surface area contributed by atoms with Crippen molar-refractivity contribution in [1.29, 1.82) is 0 Å². The number of hydrogen-bond donors (Lipinski definition) is 2. The number of hydrogen-bond acceptors (Lipinski definition) is 6. The van der Waals surface area contributed by atoms with Gasteiger partial charge in [-0.15, -0.1) is 5.10 Å². The number of imidazole rings is 1. The molecule has 27 heavy (non-hydrogen) atoms. The first-order chi connectivity index (χ1) is 13.2. The van der Waals surface area contributed by atoms with Crippen LogP contribution in [0.1, 0.15) is 0 Å². The predicted molar refractivity (Wildman–Crippen MR) is 103 cm³/mol. The Morgan fingerprint density at radius 1 is 0.963 bits per heavy atom. The van der Waals surface area contributed by atoms with Crippen LogP contribution in [0.4, 0.5) is 11.5 Å². The van der Waals surface area contributed by atoms with Crippen LogP contribution in [0.15, 0.2) is 60.8 Å². The lowest BCUT2D eigenvalue weighted by atomic mass is 10.1. The average Bonchev–Trinajstić information content (AvgIpc) is 3.11. The fraction of sp³-hybridized carbons (Fsp3) is 0.100. The number of phenolic OH excluding ortho intramolecular Hbond substituents is 1. The maximum Gasteiger partial charge on any atom is 0.162 e. The summed E-state index contributed by atoms with van der Waals surface area (Å²) in [5.74, 6) is 2.13. The summed E-state index contributed by atoms with van der Waals surface area (Å²) in [6, 6.07) is 16.3. The first-order valence-corrected chi connectivity index (χ1v) is 8.31. The van der Waals surface area contributed by atoms with Crippen molar-refractivity contribution in [2.75, 3.05) is 19.5 Å². The Labute approximate surface area is 155 Å². The van der Waals surface area contributed by atoms with E-state index in [0.717, 1.165) is 16.9 Å². The number of ether oxygens (including phenoxy) is 2. The van der Waals surface area contributed by atoms with Gasteiger partial charge in [-0.1, -0.05) is 12.1 Å². The van der Waals surface area contributed by atoms with Gasteiger partial charge < -0.3 is 19.9 Å². The molecule has 7 nitrogen and oxygen atoms in total. The molecule has 0 bridgehead atoms. The van der Waals surface area contributed by atoms with Gasteiger partial charge in [-0.2, -0.15) is 0 Å². The second-order valence-electron chi connectivity index (χ2n) is 5.88. The Kier molecular flexibility index (Phi) is 4.25. The normalized spacial score (nSPS) is 10.7. The summed E-state index contributed by atoms with van der Waals surface area (Å²) in [7, 11) is 3.20. The van der Waals surface area contributed by atoms with Crippen LogP contribution in [0.25, 0.3) is 16.9 Å². The number of aromatic nitrogens is 3. The van der Waals surface area contributed by atoms with Crippen molar-refractivity contribution in [3.63, 3.8) is 0 Å². The van der Waals surface area contributed by atoms with Crippen molar-refractivity contribution in [3.8, 4) is 28.5 Å². The summed E-state index contributed by atoms with van der Waals surface area (Å²) < 4.78 is 12.3. The van der Waals surface area contributed by atoms with Crippen LogP contribution in [0.3, 0.4) is 0 Å². The SMILES string of the molecule is COc1ccc(Nc2ccc3ncc(-c4cccc(O)c4)n3n2)cc1OC. The molecule has 7 heteroatoms. The minimum atomic E-state index is 0.196.